The van der Waals surface area contributed by atoms with Gasteiger partial charge in [0.1, 0.15) is 11.6 Å². The van der Waals surface area contributed by atoms with Crippen molar-refractivity contribution >= 4 is 11.7 Å². The number of carbonyl (C=O) groups is 1. The maximum absolute atomic E-state index is 12.5. The summed E-state index contributed by atoms with van der Waals surface area (Å²) in [6.07, 6.45) is 5.67. The Labute approximate surface area is 130 Å². The van der Waals surface area contributed by atoms with Crippen molar-refractivity contribution < 1.29 is 4.79 Å². The van der Waals surface area contributed by atoms with Crippen LogP contribution < -0.4 is 5.32 Å². The van der Waals surface area contributed by atoms with Gasteiger partial charge in [0.2, 0.25) is 0 Å². The summed E-state index contributed by atoms with van der Waals surface area (Å²) >= 11 is 0. The molecule has 6 nitrogen and oxygen atoms in total. The molecular formula is C16H21N5O. The Morgan fingerprint density at radius 1 is 1.36 bits per heavy atom. The number of nitrogens with zero attached hydrogens (tertiary/aromatic N) is 4. The molecule has 22 heavy (non-hydrogen) atoms. The minimum atomic E-state index is -0.159. The summed E-state index contributed by atoms with van der Waals surface area (Å²) in [6.45, 7) is 6.13. The highest BCUT2D eigenvalue weighted by Gasteiger charge is 2.31. The summed E-state index contributed by atoms with van der Waals surface area (Å²) in [7, 11) is 1.84. The maximum Gasteiger partial charge on any atom is 0.260 e. The fraction of sp³-hybridized carbons (Fsp3) is 0.500. The lowest BCUT2D eigenvalue weighted by molar-refractivity contribution is 0.102. The molecule has 0 atom stereocenters. The number of rotatable bonds is 3. The third-order valence-electron chi connectivity index (χ3n) is 3.63. The van der Waals surface area contributed by atoms with E-state index in [-0.39, 0.29) is 11.3 Å². The largest absolute Gasteiger partial charge is 0.306 e. The predicted molar refractivity (Wildman–Crippen MR) is 83.9 cm³/mol. The van der Waals surface area contributed by atoms with Crippen LogP contribution in [-0.4, -0.2) is 25.7 Å². The van der Waals surface area contributed by atoms with Crippen molar-refractivity contribution in [3.63, 3.8) is 0 Å². The first-order valence-corrected chi connectivity index (χ1v) is 7.53. The normalized spacial score (nSPS) is 14.9. The maximum atomic E-state index is 12.5. The van der Waals surface area contributed by atoms with Gasteiger partial charge in [0.05, 0.1) is 11.3 Å². The molecule has 0 aromatic carbocycles. The van der Waals surface area contributed by atoms with Gasteiger partial charge in [-0.1, -0.05) is 20.8 Å². The third kappa shape index (κ3) is 3.00. The molecule has 0 unspecified atom stereocenters. The quantitative estimate of drug-likeness (QED) is 0.945. The second-order valence-electron chi connectivity index (χ2n) is 6.85. The van der Waals surface area contributed by atoms with E-state index in [4.69, 9.17) is 0 Å². The van der Waals surface area contributed by atoms with E-state index in [9.17, 15) is 4.79 Å². The minimum Gasteiger partial charge on any atom is -0.306 e. The molecule has 0 saturated heterocycles. The lowest BCUT2D eigenvalue weighted by Gasteiger charge is -2.16. The summed E-state index contributed by atoms with van der Waals surface area (Å²) in [5.41, 5.74) is 1.37. The van der Waals surface area contributed by atoms with Gasteiger partial charge in [-0.15, -0.1) is 0 Å². The van der Waals surface area contributed by atoms with Crippen molar-refractivity contribution in [2.75, 3.05) is 5.32 Å². The van der Waals surface area contributed by atoms with Crippen molar-refractivity contribution in [3.05, 3.63) is 35.5 Å². The number of hydrogen-bond acceptors (Lipinski definition) is 4. The fourth-order valence-electron chi connectivity index (χ4n) is 2.31. The van der Waals surface area contributed by atoms with Crippen LogP contribution >= 0.6 is 0 Å². The third-order valence-corrected chi connectivity index (χ3v) is 3.63. The molecule has 0 bridgehead atoms. The highest BCUT2D eigenvalue weighted by molar-refractivity contribution is 6.04. The Morgan fingerprint density at radius 3 is 2.73 bits per heavy atom. The predicted octanol–water partition coefficient (Wildman–Crippen LogP) is 2.64. The molecule has 1 fully saturated rings. The fourth-order valence-corrected chi connectivity index (χ4v) is 2.31. The van der Waals surface area contributed by atoms with Crippen molar-refractivity contribution in [1.82, 2.24) is 19.7 Å². The van der Waals surface area contributed by atoms with Gasteiger partial charge in [-0.05, 0) is 18.9 Å². The molecule has 0 aliphatic heterocycles. The van der Waals surface area contributed by atoms with E-state index in [1.54, 1.807) is 23.1 Å². The van der Waals surface area contributed by atoms with Gasteiger partial charge < -0.3 is 5.32 Å². The molecule has 0 spiro atoms. The topological polar surface area (TPSA) is 72.7 Å². The molecule has 1 aliphatic carbocycles. The van der Waals surface area contributed by atoms with Crippen LogP contribution in [0.4, 0.5) is 5.82 Å². The van der Waals surface area contributed by atoms with Crippen LogP contribution in [0.5, 0.6) is 0 Å². The van der Waals surface area contributed by atoms with Crippen molar-refractivity contribution in [1.29, 1.82) is 0 Å². The number of nitrogens with one attached hydrogen (secondary N) is 1. The lowest BCUT2D eigenvalue weighted by atomic mass is 9.96. The summed E-state index contributed by atoms with van der Waals surface area (Å²) < 4.78 is 1.70. The molecule has 1 aliphatic rings. The molecule has 6 heteroatoms. The van der Waals surface area contributed by atoms with E-state index < -0.39 is 0 Å². The average Bonchev–Trinajstić information content (AvgIpc) is 3.21. The summed E-state index contributed by atoms with van der Waals surface area (Å²) in [5.74, 6) is 1.50. The molecule has 116 valence electrons. The molecule has 0 radical (unpaired) electrons. The Hall–Kier alpha value is -2.24. The number of anilines is 1. The van der Waals surface area contributed by atoms with Gasteiger partial charge in [0.15, 0.2) is 0 Å². The SMILES string of the molecule is Cn1cc(C(=O)Nc2ccnc(C(C)(C)C)n2)c(C2CC2)n1. The van der Waals surface area contributed by atoms with Crippen LogP contribution in [0, 0.1) is 0 Å². The first kappa shape index (κ1) is 14.7. The van der Waals surface area contributed by atoms with E-state index in [0.717, 1.165) is 18.5 Å². The zero-order valence-electron chi connectivity index (χ0n) is 13.4. The highest BCUT2D eigenvalue weighted by atomic mass is 16.1. The number of carbonyl (C=O) groups excluding carboxylic acids is 1. The van der Waals surface area contributed by atoms with Crippen LogP contribution in [0.15, 0.2) is 18.5 Å². The Morgan fingerprint density at radius 2 is 2.09 bits per heavy atom. The zero-order valence-corrected chi connectivity index (χ0v) is 13.4. The lowest BCUT2D eigenvalue weighted by Crippen LogP contribution is -2.19. The van der Waals surface area contributed by atoms with Gasteiger partial charge in [0, 0.05) is 30.8 Å². The van der Waals surface area contributed by atoms with Crippen molar-refractivity contribution in [3.8, 4) is 0 Å². The second-order valence-corrected chi connectivity index (χ2v) is 6.85. The molecule has 1 amide bonds. The summed E-state index contributed by atoms with van der Waals surface area (Å²) in [5, 5.41) is 7.28. The molecular weight excluding hydrogens is 278 g/mol. The number of hydrogen-bond donors (Lipinski definition) is 1. The van der Waals surface area contributed by atoms with Crippen molar-refractivity contribution in [2.24, 2.45) is 7.05 Å². The van der Waals surface area contributed by atoms with E-state index >= 15 is 0 Å². The van der Waals surface area contributed by atoms with Crippen LogP contribution in [-0.2, 0) is 12.5 Å². The van der Waals surface area contributed by atoms with Crippen molar-refractivity contribution in [2.45, 2.75) is 44.9 Å². The molecule has 3 rings (SSSR count). The van der Waals surface area contributed by atoms with E-state index in [1.165, 1.54) is 0 Å². The summed E-state index contributed by atoms with van der Waals surface area (Å²) in [6, 6.07) is 1.71. The first-order chi connectivity index (χ1) is 10.3. The molecule has 2 aromatic rings. The molecule has 1 saturated carbocycles. The molecule has 2 aromatic heterocycles. The zero-order chi connectivity index (χ0) is 15.9. The van der Waals surface area contributed by atoms with Crippen LogP contribution in [0.1, 0.15) is 61.4 Å². The van der Waals surface area contributed by atoms with Gasteiger partial charge in [-0.25, -0.2) is 9.97 Å². The Balaban J connectivity index is 1.83. The smallest absolute Gasteiger partial charge is 0.260 e. The first-order valence-electron chi connectivity index (χ1n) is 7.53. The minimum absolute atomic E-state index is 0.159. The van der Waals surface area contributed by atoms with E-state index in [0.29, 0.717) is 23.1 Å². The number of aryl methyl sites for hydroxylation is 1. The number of amides is 1. The number of aromatic nitrogens is 4. The summed E-state index contributed by atoms with van der Waals surface area (Å²) in [4.78, 5) is 21.2. The molecule has 2 heterocycles. The second kappa shape index (κ2) is 5.19. The van der Waals surface area contributed by atoms with Crippen LogP contribution in [0.3, 0.4) is 0 Å². The van der Waals surface area contributed by atoms with Gasteiger partial charge in [-0.2, -0.15) is 5.10 Å². The van der Waals surface area contributed by atoms with E-state index in [1.807, 2.05) is 27.8 Å². The standard InChI is InChI=1S/C16H21N5O/c1-16(2,3)15-17-8-7-12(19-15)18-14(22)11-9-21(4)20-13(11)10-5-6-10/h7-10H,5-6H2,1-4H3,(H,17,18,19,22). The Kier molecular flexibility index (Phi) is 3.47. The average molecular weight is 299 g/mol. The van der Waals surface area contributed by atoms with Gasteiger partial charge >= 0.3 is 0 Å². The van der Waals surface area contributed by atoms with Crippen LogP contribution in [0.25, 0.3) is 0 Å². The van der Waals surface area contributed by atoms with Gasteiger partial charge in [-0.3, -0.25) is 9.48 Å². The van der Waals surface area contributed by atoms with E-state index in [2.05, 4.69) is 20.4 Å². The van der Waals surface area contributed by atoms with Crippen LogP contribution in [0.2, 0.25) is 0 Å². The van der Waals surface area contributed by atoms with Gasteiger partial charge in [0.25, 0.3) is 5.91 Å². The Bertz CT molecular complexity index is 710. The molecule has 1 N–H and O–H groups in total. The monoisotopic (exact) mass is 299 g/mol. The highest BCUT2D eigenvalue weighted by Crippen LogP contribution is 2.40.